The van der Waals surface area contributed by atoms with Crippen molar-refractivity contribution in [2.45, 2.75) is 56.2 Å². The molecular weight excluding hydrogens is 200 g/mol. The second kappa shape index (κ2) is 5.30. The molecule has 3 nitrogen and oxygen atoms in total. The largest absolute Gasteiger partial charge is 0.381 e. The van der Waals surface area contributed by atoms with Crippen molar-refractivity contribution in [3.63, 3.8) is 0 Å². The van der Waals surface area contributed by atoms with E-state index in [1.54, 1.807) is 0 Å². The number of ether oxygens (including phenoxy) is 1. The van der Waals surface area contributed by atoms with Crippen LogP contribution in [-0.4, -0.2) is 31.3 Å². The van der Waals surface area contributed by atoms with E-state index < -0.39 is 0 Å². The van der Waals surface area contributed by atoms with Crippen molar-refractivity contribution in [2.75, 3.05) is 13.7 Å². The summed E-state index contributed by atoms with van der Waals surface area (Å²) in [5.74, 6) is 0. The second-order valence-corrected chi connectivity index (χ2v) is 5.22. The Morgan fingerprint density at radius 3 is 2.81 bits per heavy atom. The average Bonchev–Trinajstić information content (AvgIpc) is 2.82. The second-order valence-electron chi connectivity index (χ2n) is 5.22. The van der Waals surface area contributed by atoms with Gasteiger partial charge in [0.25, 0.3) is 0 Å². The molecule has 0 aliphatic heterocycles. The van der Waals surface area contributed by atoms with Crippen LogP contribution in [0.4, 0.5) is 0 Å². The summed E-state index contributed by atoms with van der Waals surface area (Å²) in [6, 6.07) is 0.596. The highest BCUT2D eigenvalue weighted by Gasteiger charge is 2.36. The maximum atomic E-state index is 5.99. The minimum absolute atomic E-state index is 0.121. The third-order valence-corrected chi connectivity index (χ3v) is 4.04. The number of hydrogen-bond donors (Lipinski definition) is 2. The zero-order valence-corrected chi connectivity index (χ0v) is 10.2. The molecule has 2 atom stereocenters. The SMILES string of the molecule is COC1CCCC(CN)(NC2CC=CC2)C1. The zero-order chi connectivity index (χ0) is 11.4. The first-order valence-corrected chi connectivity index (χ1v) is 6.43. The van der Waals surface area contributed by atoms with Crippen molar-refractivity contribution in [3.05, 3.63) is 12.2 Å². The molecule has 2 aliphatic carbocycles. The van der Waals surface area contributed by atoms with Gasteiger partial charge in [0.15, 0.2) is 0 Å². The molecule has 2 unspecified atom stereocenters. The Morgan fingerprint density at radius 2 is 2.19 bits per heavy atom. The van der Waals surface area contributed by atoms with Gasteiger partial charge < -0.3 is 15.8 Å². The predicted molar refractivity (Wildman–Crippen MR) is 66.3 cm³/mol. The van der Waals surface area contributed by atoms with Crippen molar-refractivity contribution in [3.8, 4) is 0 Å². The van der Waals surface area contributed by atoms with Crippen LogP contribution in [0.5, 0.6) is 0 Å². The van der Waals surface area contributed by atoms with E-state index in [0.717, 1.165) is 25.8 Å². The summed E-state index contributed by atoms with van der Waals surface area (Å²) < 4.78 is 5.50. The van der Waals surface area contributed by atoms with Crippen LogP contribution in [0.2, 0.25) is 0 Å². The van der Waals surface area contributed by atoms with Crippen molar-refractivity contribution < 1.29 is 4.74 Å². The van der Waals surface area contributed by atoms with Crippen molar-refractivity contribution >= 4 is 0 Å². The van der Waals surface area contributed by atoms with Crippen LogP contribution in [0.25, 0.3) is 0 Å². The van der Waals surface area contributed by atoms with Gasteiger partial charge in [-0.25, -0.2) is 0 Å². The lowest BCUT2D eigenvalue weighted by atomic mass is 9.79. The highest BCUT2D eigenvalue weighted by Crippen LogP contribution is 2.30. The molecule has 0 aromatic heterocycles. The first kappa shape index (κ1) is 12.1. The molecule has 2 aliphatic rings. The zero-order valence-electron chi connectivity index (χ0n) is 10.2. The van der Waals surface area contributed by atoms with Crippen LogP contribution < -0.4 is 11.1 Å². The van der Waals surface area contributed by atoms with Crippen LogP contribution >= 0.6 is 0 Å². The molecule has 16 heavy (non-hydrogen) atoms. The van der Waals surface area contributed by atoms with E-state index in [-0.39, 0.29) is 5.54 Å². The van der Waals surface area contributed by atoms with Gasteiger partial charge in [-0.2, -0.15) is 0 Å². The Bertz CT molecular complexity index is 246. The predicted octanol–water partition coefficient (Wildman–Crippen LogP) is 1.58. The molecule has 0 aromatic carbocycles. The molecule has 3 N–H and O–H groups in total. The van der Waals surface area contributed by atoms with E-state index in [0.29, 0.717) is 12.1 Å². The molecule has 2 rings (SSSR count). The fourth-order valence-electron chi connectivity index (χ4n) is 3.05. The first-order valence-electron chi connectivity index (χ1n) is 6.43. The van der Waals surface area contributed by atoms with Crippen LogP contribution in [0, 0.1) is 0 Å². The Hall–Kier alpha value is -0.380. The molecule has 0 saturated heterocycles. The van der Waals surface area contributed by atoms with Gasteiger partial charge in [0.2, 0.25) is 0 Å². The molecule has 1 fully saturated rings. The van der Waals surface area contributed by atoms with E-state index in [4.69, 9.17) is 10.5 Å². The van der Waals surface area contributed by atoms with Gasteiger partial charge in [0, 0.05) is 25.2 Å². The Balaban J connectivity index is 1.94. The van der Waals surface area contributed by atoms with Crippen LogP contribution in [0.3, 0.4) is 0 Å². The van der Waals surface area contributed by atoms with Crippen LogP contribution in [-0.2, 0) is 4.74 Å². The van der Waals surface area contributed by atoms with Gasteiger partial charge in [-0.3, -0.25) is 0 Å². The lowest BCUT2D eigenvalue weighted by molar-refractivity contribution is 0.0297. The third-order valence-electron chi connectivity index (χ3n) is 4.04. The maximum Gasteiger partial charge on any atom is 0.0589 e. The summed E-state index contributed by atoms with van der Waals surface area (Å²) in [5.41, 5.74) is 6.12. The molecule has 0 radical (unpaired) electrons. The number of nitrogens with two attached hydrogens (primary N) is 1. The summed E-state index contributed by atoms with van der Waals surface area (Å²) in [4.78, 5) is 0. The maximum absolute atomic E-state index is 5.99. The number of hydrogen-bond acceptors (Lipinski definition) is 3. The van der Waals surface area contributed by atoms with Gasteiger partial charge in [-0.1, -0.05) is 12.2 Å². The number of methoxy groups -OCH3 is 1. The summed E-state index contributed by atoms with van der Waals surface area (Å²) in [5, 5.41) is 3.78. The fourth-order valence-corrected chi connectivity index (χ4v) is 3.05. The lowest BCUT2D eigenvalue weighted by Crippen LogP contribution is -2.58. The number of rotatable bonds is 4. The van der Waals surface area contributed by atoms with E-state index in [1.807, 2.05) is 7.11 Å². The smallest absolute Gasteiger partial charge is 0.0589 e. The molecule has 0 heterocycles. The molecule has 1 saturated carbocycles. The summed E-state index contributed by atoms with van der Waals surface area (Å²) in [6.07, 6.45) is 11.9. The van der Waals surface area contributed by atoms with E-state index in [1.165, 1.54) is 19.3 Å². The van der Waals surface area contributed by atoms with Gasteiger partial charge in [0.1, 0.15) is 0 Å². The molecule has 0 spiro atoms. The molecular formula is C13H24N2O. The fraction of sp³-hybridized carbons (Fsp3) is 0.846. The molecule has 0 amide bonds. The lowest BCUT2D eigenvalue weighted by Gasteiger charge is -2.42. The van der Waals surface area contributed by atoms with Gasteiger partial charge in [-0.05, 0) is 38.5 Å². The Labute approximate surface area is 98.4 Å². The Kier molecular flexibility index (Phi) is 4.00. The van der Waals surface area contributed by atoms with Crippen molar-refractivity contribution in [1.29, 1.82) is 0 Å². The van der Waals surface area contributed by atoms with Crippen molar-refractivity contribution in [1.82, 2.24) is 5.32 Å². The van der Waals surface area contributed by atoms with Gasteiger partial charge in [0.05, 0.1) is 6.10 Å². The minimum Gasteiger partial charge on any atom is -0.381 e. The minimum atomic E-state index is 0.121. The van der Waals surface area contributed by atoms with Crippen molar-refractivity contribution in [2.24, 2.45) is 5.73 Å². The normalized spacial score (nSPS) is 35.8. The standard InChI is InChI=1S/C13H24N2O/c1-16-12-7-4-8-13(9-12,10-14)15-11-5-2-3-6-11/h2-3,11-12,15H,4-10,14H2,1H3. The Morgan fingerprint density at radius 1 is 1.44 bits per heavy atom. The summed E-state index contributed by atoms with van der Waals surface area (Å²) >= 11 is 0. The van der Waals surface area contributed by atoms with Crippen LogP contribution in [0.15, 0.2) is 12.2 Å². The molecule has 3 heteroatoms. The van der Waals surface area contributed by atoms with E-state index in [2.05, 4.69) is 17.5 Å². The highest BCUT2D eigenvalue weighted by molar-refractivity contribution is 5.03. The summed E-state index contributed by atoms with van der Waals surface area (Å²) in [6.45, 7) is 0.726. The van der Waals surface area contributed by atoms with E-state index >= 15 is 0 Å². The first-order chi connectivity index (χ1) is 7.78. The van der Waals surface area contributed by atoms with Gasteiger partial charge in [-0.15, -0.1) is 0 Å². The third kappa shape index (κ3) is 2.65. The number of nitrogens with one attached hydrogen (secondary N) is 1. The quantitative estimate of drug-likeness (QED) is 0.713. The molecule has 92 valence electrons. The average molecular weight is 224 g/mol. The van der Waals surface area contributed by atoms with Gasteiger partial charge >= 0.3 is 0 Å². The molecule has 0 aromatic rings. The highest BCUT2D eigenvalue weighted by atomic mass is 16.5. The molecule has 0 bridgehead atoms. The topological polar surface area (TPSA) is 47.3 Å². The monoisotopic (exact) mass is 224 g/mol. The summed E-state index contributed by atoms with van der Waals surface area (Å²) in [7, 11) is 1.81. The van der Waals surface area contributed by atoms with E-state index in [9.17, 15) is 0 Å². The van der Waals surface area contributed by atoms with Crippen LogP contribution in [0.1, 0.15) is 38.5 Å².